The standard InChI is InChI=1S/C16H16ClN3/c1-11-4-3-5-13(8-11)20-15(6-7-17)19-14-9-12(2)10-18-16(14)20/h3-5,8-10H,6-7H2,1-2H3. The Morgan fingerprint density at radius 2 is 2.00 bits per heavy atom. The van der Waals surface area contributed by atoms with Crippen molar-refractivity contribution in [2.24, 2.45) is 0 Å². The average Bonchev–Trinajstić information content (AvgIpc) is 2.76. The summed E-state index contributed by atoms with van der Waals surface area (Å²) in [6.07, 6.45) is 2.60. The van der Waals surface area contributed by atoms with Crippen LogP contribution in [0.2, 0.25) is 0 Å². The monoisotopic (exact) mass is 285 g/mol. The minimum absolute atomic E-state index is 0.550. The summed E-state index contributed by atoms with van der Waals surface area (Å²) in [5, 5.41) is 0. The largest absolute Gasteiger partial charge is 0.281 e. The van der Waals surface area contributed by atoms with Gasteiger partial charge in [-0.1, -0.05) is 12.1 Å². The fourth-order valence-electron chi connectivity index (χ4n) is 2.40. The topological polar surface area (TPSA) is 30.7 Å². The van der Waals surface area contributed by atoms with Crippen LogP contribution >= 0.6 is 11.6 Å². The predicted molar refractivity (Wildman–Crippen MR) is 82.8 cm³/mol. The van der Waals surface area contributed by atoms with Crippen LogP contribution in [0.5, 0.6) is 0 Å². The number of hydrogen-bond donors (Lipinski definition) is 0. The lowest BCUT2D eigenvalue weighted by molar-refractivity contribution is 0.904. The van der Waals surface area contributed by atoms with Gasteiger partial charge in [-0.2, -0.15) is 0 Å². The Hall–Kier alpha value is -1.87. The van der Waals surface area contributed by atoms with Gasteiger partial charge in [0.05, 0.1) is 0 Å². The minimum Gasteiger partial charge on any atom is -0.281 e. The number of rotatable bonds is 3. The number of hydrogen-bond acceptors (Lipinski definition) is 2. The molecule has 4 heteroatoms. The fourth-order valence-corrected chi connectivity index (χ4v) is 2.57. The molecule has 0 saturated heterocycles. The Morgan fingerprint density at radius 3 is 2.75 bits per heavy atom. The third kappa shape index (κ3) is 2.29. The third-order valence-corrected chi connectivity index (χ3v) is 3.47. The third-order valence-electron chi connectivity index (χ3n) is 3.28. The summed E-state index contributed by atoms with van der Waals surface area (Å²) < 4.78 is 2.10. The first-order chi connectivity index (χ1) is 9.69. The Kier molecular flexibility index (Phi) is 3.45. The zero-order chi connectivity index (χ0) is 14.1. The number of nitrogens with zero attached hydrogens (tertiary/aromatic N) is 3. The normalized spacial score (nSPS) is 11.2. The van der Waals surface area contributed by atoms with Crippen LogP contribution in [-0.2, 0) is 6.42 Å². The molecular weight excluding hydrogens is 270 g/mol. The number of pyridine rings is 1. The van der Waals surface area contributed by atoms with Gasteiger partial charge in [0.2, 0.25) is 0 Å². The van der Waals surface area contributed by atoms with Gasteiger partial charge in [-0.15, -0.1) is 11.6 Å². The molecule has 0 atom stereocenters. The van der Waals surface area contributed by atoms with Crippen LogP contribution in [0, 0.1) is 13.8 Å². The molecule has 0 aliphatic rings. The number of aryl methyl sites for hydroxylation is 3. The summed E-state index contributed by atoms with van der Waals surface area (Å²) in [5.41, 5.74) is 5.23. The summed E-state index contributed by atoms with van der Waals surface area (Å²) in [4.78, 5) is 9.23. The van der Waals surface area contributed by atoms with Crippen LogP contribution in [0.25, 0.3) is 16.9 Å². The molecule has 0 fully saturated rings. The minimum atomic E-state index is 0.550. The lowest BCUT2D eigenvalue weighted by Crippen LogP contribution is -2.03. The van der Waals surface area contributed by atoms with Gasteiger partial charge in [0.1, 0.15) is 11.3 Å². The van der Waals surface area contributed by atoms with Crippen LogP contribution in [-0.4, -0.2) is 20.4 Å². The number of fused-ring (bicyclic) bond motifs is 1. The van der Waals surface area contributed by atoms with Gasteiger partial charge in [0.15, 0.2) is 5.65 Å². The van der Waals surface area contributed by atoms with Crippen molar-refractivity contribution in [2.75, 3.05) is 5.88 Å². The molecule has 2 heterocycles. The van der Waals surface area contributed by atoms with Gasteiger partial charge in [0, 0.05) is 24.2 Å². The molecule has 0 aliphatic carbocycles. The van der Waals surface area contributed by atoms with E-state index in [-0.39, 0.29) is 0 Å². The second kappa shape index (κ2) is 5.25. The molecule has 1 aromatic carbocycles. The van der Waals surface area contributed by atoms with Crippen LogP contribution < -0.4 is 0 Å². The molecule has 0 spiro atoms. The number of alkyl halides is 1. The predicted octanol–water partition coefficient (Wildman–Crippen LogP) is 3.82. The van der Waals surface area contributed by atoms with Crippen molar-refractivity contribution in [3.63, 3.8) is 0 Å². The summed E-state index contributed by atoms with van der Waals surface area (Å²) in [6.45, 7) is 4.11. The zero-order valence-electron chi connectivity index (χ0n) is 11.6. The van der Waals surface area contributed by atoms with E-state index in [9.17, 15) is 0 Å². The van der Waals surface area contributed by atoms with Crippen molar-refractivity contribution in [1.82, 2.24) is 14.5 Å². The fraction of sp³-hybridized carbons (Fsp3) is 0.250. The molecule has 3 aromatic rings. The van der Waals surface area contributed by atoms with Crippen molar-refractivity contribution < 1.29 is 0 Å². The van der Waals surface area contributed by atoms with Gasteiger partial charge in [-0.3, -0.25) is 4.57 Å². The van der Waals surface area contributed by atoms with Crippen molar-refractivity contribution in [3.05, 3.63) is 53.5 Å². The molecule has 20 heavy (non-hydrogen) atoms. The summed E-state index contributed by atoms with van der Waals surface area (Å²) in [7, 11) is 0. The van der Waals surface area contributed by atoms with E-state index in [1.807, 2.05) is 13.1 Å². The molecule has 0 amide bonds. The van der Waals surface area contributed by atoms with Gasteiger partial charge in [-0.05, 0) is 43.2 Å². The van der Waals surface area contributed by atoms with E-state index >= 15 is 0 Å². The van der Waals surface area contributed by atoms with Crippen LogP contribution in [0.4, 0.5) is 0 Å². The highest BCUT2D eigenvalue weighted by molar-refractivity contribution is 6.17. The number of aromatic nitrogens is 3. The molecule has 0 aliphatic heterocycles. The van der Waals surface area contributed by atoms with Gasteiger partial charge in [-0.25, -0.2) is 9.97 Å². The zero-order valence-corrected chi connectivity index (χ0v) is 12.4. The summed E-state index contributed by atoms with van der Waals surface area (Å²) >= 11 is 5.91. The molecule has 3 rings (SSSR count). The van der Waals surface area contributed by atoms with Crippen molar-refractivity contribution in [2.45, 2.75) is 20.3 Å². The lowest BCUT2D eigenvalue weighted by atomic mass is 10.2. The van der Waals surface area contributed by atoms with E-state index in [0.717, 1.165) is 34.7 Å². The first kappa shape index (κ1) is 13.1. The van der Waals surface area contributed by atoms with Gasteiger partial charge >= 0.3 is 0 Å². The maximum absolute atomic E-state index is 5.91. The number of benzene rings is 1. The highest BCUT2D eigenvalue weighted by Crippen LogP contribution is 2.22. The molecule has 102 valence electrons. The van der Waals surface area contributed by atoms with Crippen molar-refractivity contribution >= 4 is 22.8 Å². The van der Waals surface area contributed by atoms with E-state index < -0.39 is 0 Å². The molecule has 0 radical (unpaired) electrons. The highest BCUT2D eigenvalue weighted by atomic mass is 35.5. The smallest absolute Gasteiger partial charge is 0.164 e. The Morgan fingerprint density at radius 1 is 1.15 bits per heavy atom. The molecular formula is C16H16ClN3. The summed E-state index contributed by atoms with van der Waals surface area (Å²) in [6, 6.07) is 10.4. The van der Waals surface area contributed by atoms with Crippen LogP contribution in [0.3, 0.4) is 0 Å². The van der Waals surface area contributed by atoms with E-state index in [1.54, 1.807) is 0 Å². The SMILES string of the molecule is Cc1cccc(-n2c(CCCl)nc3cc(C)cnc32)c1. The Balaban J connectivity index is 2.28. The molecule has 0 saturated carbocycles. The first-order valence-electron chi connectivity index (χ1n) is 6.66. The highest BCUT2D eigenvalue weighted by Gasteiger charge is 2.13. The van der Waals surface area contributed by atoms with Crippen LogP contribution in [0.15, 0.2) is 36.5 Å². The average molecular weight is 286 g/mol. The van der Waals surface area contributed by atoms with E-state index in [4.69, 9.17) is 11.6 Å². The number of imidazole rings is 1. The Bertz CT molecular complexity index is 762. The van der Waals surface area contributed by atoms with E-state index in [2.05, 4.69) is 51.8 Å². The van der Waals surface area contributed by atoms with Crippen molar-refractivity contribution in [1.29, 1.82) is 0 Å². The quantitative estimate of drug-likeness (QED) is 0.685. The van der Waals surface area contributed by atoms with Crippen molar-refractivity contribution in [3.8, 4) is 5.69 Å². The molecule has 3 nitrogen and oxygen atoms in total. The summed E-state index contributed by atoms with van der Waals surface area (Å²) in [5.74, 6) is 1.51. The molecule has 0 unspecified atom stereocenters. The Labute approximate surface area is 123 Å². The van der Waals surface area contributed by atoms with Crippen LogP contribution in [0.1, 0.15) is 17.0 Å². The molecule has 0 N–H and O–H groups in total. The lowest BCUT2D eigenvalue weighted by Gasteiger charge is -2.08. The van der Waals surface area contributed by atoms with E-state index in [0.29, 0.717) is 5.88 Å². The first-order valence-corrected chi connectivity index (χ1v) is 7.19. The molecule has 2 aromatic heterocycles. The maximum atomic E-state index is 5.91. The van der Waals surface area contributed by atoms with E-state index in [1.165, 1.54) is 5.56 Å². The van der Waals surface area contributed by atoms with Gasteiger partial charge < -0.3 is 0 Å². The maximum Gasteiger partial charge on any atom is 0.164 e. The molecule has 0 bridgehead atoms. The van der Waals surface area contributed by atoms with Gasteiger partial charge in [0.25, 0.3) is 0 Å². The number of halogens is 1. The second-order valence-corrected chi connectivity index (χ2v) is 5.37. The second-order valence-electron chi connectivity index (χ2n) is 5.00.